The molecule has 2 aromatic heterocycles. The number of carbonyl (C=O) groups excluding carboxylic acids is 1. The fourth-order valence-electron chi connectivity index (χ4n) is 4.00. The Hall–Kier alpha value is -3.56. The van der Waals surface area contributed by atoms with Crippen molar-refractivity contribution in [2.75, 3.05) is 32.9 Å². The van der Waals surface area contributed by atoms with Crippen LogP contribution >= 0.6 is 11.3 Å². The SMILES string of the molecule is Cc1cccc2c(N)c3cccc(C(=O)NCC[N+](C)(C)Cc4sccc4[N+](=O)[O-])c3nc12. The van der Waals surface area contributed by atoms with Crippen molar-refractivity contribution in [3.05, 3.63) is 74.0 Å². The second-order valence-electron chi connectivity index (χ2n) is 8.76. The third kappa shape index (κ3) is 4.50. The lowest BCUT2D eigenvalue weighted by molar-refractivity contribution is -0.902. The first-order chi connectivity index (χ1) is 15.7. The number of nitro groups is 1. The van der Waals surface area contributed by atoms with Gasteiger partial charge in [-0.15, -0.1) is 11.3 Å². The molecule has 0 unspecified atom stereocenters. The number of carbonyl (C=O) groups is 1. The maximum absolute atomic E-state index is 13.1. The number of amides is 1. The lowest BCUT2D eigenvalue weighted by Crippen LogP contribution is -2.44. The van der Waals surface area contributed by atoms with Crippen molar-refractivity contribution in [1.29, 1.82) is 0 Å². The lowest BCUT2D eigenvalue weighted by atomic mass is 10.0. The van der Waals surface area contributed by atoms with Crippen molar-refractivity contribution in [3.63, 3.8) is 0 Å². The molecule has 0 spiro atoms. The molecule has 0 saturated carbocycles. The minimum atomic E-state index is -0.349. The Morgan fingerprint density at radius 1 is 1.15 bits per heavy atom. The number of hydrogen-bond acceptors (Lipinski definition) is 6. The van der Waals surface area contributed by atoms with Gasteiger partial charge in [-0.2, -0.15) is 0 Å². The molecule has 2 heterocycles. The quantitative estimate of drug-likeness (QED) is 0.184. The monoisotopic (exact) mass is 464 g/mol. The second-order valence-corrected chi connectivity index (χ2v) is 9.76. The van der Waals surface area contributed by atoms with Crippen LogP contribution < -0.4 is 11.1 Å². The van der Waals surface area contributed by atoms with E-state index in [4.69, 9.17) is 10.7 Å². The zero-order valence-electron chi connectivity index (χ0n) is 18.8. The number of nitrogen functional groups attached to an aromatic ring is 1. The van der Waals surface area contributed by atoms with Crippen LogP contribution in [0.3, 0.4) is 0 Å². The molecular formula is C24H26N5O3S+. The molecule has 0 radical (unpaired) electrons. The molecule has 33 heavy (non-hydrogen) atoms. The van der Waals surface area contributed by atoms with E-state index in [1.807, 2.05) is 51.4 Å². The Bertz CT molecular complexity index is 1380. The maximum atomic E-state index is 13.1. The van der Waals surface area contributed by atoms with Crippen LogP contribution in [0.5, 0.6) is 0 Å². The molecule has 4 rings (SSSR count). The maximum Gasteiger partial charge on any atom is 0.288 e. The van der Waals surface area contributed by atoms with Crippen LogP contribution in [-0.4, -0.2) is 47.5 Å². The van der Waals surface area contributed by atoms with E-state index in [1.165, 1.54) is 17.4 Å². The van der Waals surface area contributed by atoms with Crippen molar-refractivity contribution in [3.8, 4) is 0 Å². The van der Waals surface area contributed by atoms with Crippen LogP contribution in [-0.2, 0) is 6.54 Å². The number of nitrogens with one attached hydrogen (secondary N) is 1. The highest BCUT2D eigenvalue weighted by Crippen LogP contribution is 2.31. The number of para-hydroxylation sites is 2. The van der Waals surface area contributed by atoms with Gasteiger partial charge in [0.2, 0.25) is 0 Å². The van der Waals surface area contributed by atoms with Gasteiger partial charge in [-0.05, 0) is 23.9 Å². The first-order valence-electron chi connectivity index (χ1n) is 10.6. The Balaban J connectivity index is 1.52. The third-order valence-corrected chi connectivity index (χ3v) is 6.71. The Morgan fingerprint density at radius 3 is 2.58 bits per heavy atom. The molecule has 0 bridgehead atoms. The standard InChI is InChI=1S/C24H25N5O3S/c1-15-6-4-7-16-21(25)17-8-5-9-18(23(17)27-22(15)16)24(30)26-11-12-29(2,3)14-20-19(28(31)32)10-13-33-20/h4-10,13H,11-12,14H2,1-3H3,(H2-,25,26,27,30)/p+1. The second kappa shape index (κ2) is 8.76. The number of hydrogen-bond donors (Lipinski definition) is 2. The van der Waals surface area contributed by atoms with Crippen LogP contribution in [0.1, 0.15) is 20.8 Å². The van der Waals surface area contributed by atoms with Gasteiger partial charge in [0.15, 0.2) is 0 Å². The number of rotatable bonds is 7. The molecule has 1 amide bonds. The topological polar surface area (TPSA) is 111 Å². The van der Waals surface area contributed by atoms with Gasteiger partial charge < -0.3 is 15.5 Å². The van der Waals surface area contributed by atoms with Crippen LogP contribution in [0.4, 0.5) is 11.4 Å². The van der Waals surface area contributed by atoms with Crippen molar-refractivity contribution < 1.29 is 14.2 Å². The summed E-state index contributed by atoms with van der Waals surface area (Å²) in [6, 6.07) is 12.8. The third-order valence-electron chi connectivity index (χ3n) is 5.82. The summed E-state index contributed by atoms with van der Waals surface area (Å²) in [5.41, 5.74) is 10.0. The zero-order valence-corrected chi connectivity index (χ0v) is 19.6. The number of anilines is 1. The number of quaternary nitrogens is 1. The van der Waals surface area contributed by atoms with Crippen LogP contribution in [0.25, 0.3) is 21.8 Å². The normalized spacial score (nSPS) is 11.7. The number of fused-ring (bicyclic) bond motifs is 2. The summed E-state index contributed by atoms with van der Waals surface area (Å²) in [7, 11) is 3.98. The van der Waals surface area contributed by atoms with E-state index in [1.54, 1.807) is 11.4 Å². The predicted octanol–water partition coefficient (Wildman–Crippen LogP) is 4.25. The van der Waals surface area contributed by atoms with Gasteiger partial charge in [-0.25, -0.2) is 4.98 Å². The molecule has 3 N–H and O–H groups in total. The summed E-state index contributed by atoms with van der Waals surface area (Å²) in [6.45, 7) is 3.52. The average molecular weight is 465 g/mol. The number of thiophene rings is 1. The first-order valence-corrected chi connectivity index (χ1v) is 11.4. The highest BCUT2D eigenvalue weighted by Gasteiger charge is 2.24. The Labute approximate surface area is 195 Å². The number of likely N-dealkylation sites (N-methyl/N-ethyl adjacent to an activating group) is 1. The summed E-state index contributed by atoms with van der Waals surface area (Å²) in [4.78, 5) is 29.4. The number of aromatic nitrogens is 1. The molecule has 8 nitrogen and oxygen atoms in total. The lowest BCUT2D eigenvalue weighted by Gasteiger charge is -2.29. The van der Waals surface area contributed by atoms with Crippen LogP contribution in [0.15, 0.2) is 47.8 Å². The highest BCUT2D eigenvalue weighted by molar-refractivity contribution is 7.10. The smallest absolute Gasteiger partial charge is 0.288 e. The van der Waals surface area contributed by atoms with Gasteiger partial charge >= 0.3 is 0 Å². The van der Waals surface area contributed by atoms with Crippen LogP contribution in [0.2, 0.25) is 0 Å². The molecule has 0 saturated heterocycles. The van der Waals surface area contributed by atoms with E-state index >= 15 is 0 Å². The van der Waals surface area contributed by atoms with E-state index < -0.39 is 0 Å². The van der Waals surface area contributed by atoms with Crippen molar-refractivity contribution >= 4 is 50.4 Å². The largest absolute Gasteiger partial charge is 0.398 e. The van der Waals surface area contributed by atoms with Gasteiger partial charge in [0.05, 0.1) is 54.4 Å². The minimum Gasteiger partial charge on any atom is -0.398 e. The van der Waals surface area contributed by atoms with Gasteiger partial charge in [0.25, 0.3) is 11.6 Å². The molecule has 0 aliphatic rings. The summed E-state index contributed by atoms with van der Waals surface area (Å²) in [5.74, 6) is -0.220. The van der Waals surface area contributed by atoms with Crippen LogP contribution in [0, 0.1) is 17.0 Å². The van der Waals surface area contributed by atoms with E-state index in [0.717, 1.165) is 26.7 Å². The van der Waals surface area contributed by atoms with Crippen molar-refractivity contribution in [1.82, 2.24) is 10.3 Å². The van der Waals surface area contributed by atoms with E-state index in [-0.39, 0.29) is 16.5 Å². The van der Waals surface area contributed by atoms with E-state index in [9.17, 15) is 14.9 Å². The van der Waals surface area contributed by atoms with Gasteiger partial charge in [0.1, 0.15) is 11.4 Å². The highest BCUT2D eigenvalue weighted by atomic mass is 32.1. The summed E-state index contributed by atoms with van der Waals surface area (Å²) in [5, 5.41) is 17.5. The van der Waals surface area contributed by atoms with Gasteiger partial charge in [-0.1, -0.05) is 30.3 Å². The fraction of sp³-hybridized carbons (Fsp3) is 0.250. The molecule has 4 aromatic rings. The van der Waals surface area contributed by atoms with Gasteiger partial charge in [0, 0.05) is 16.8 Å². The molecule has 9 heteroatoms. The van der Waals surface area contributed by atoms with Gasteiger partial charge in [-0.3, -0.25) is 14.9 Å². The average Bonchev–Trinajstić information content (AvgIpc) is 3.22. The minimum absolute atomic E-state index is 0.150. The number of nitrogens with two attached hydrogens (primary N) is 1. The Morgan fingerprint density at radius 2 is 1.85 bits per heavy atom. The fourth-order valence-corrected chi connectivity index (χ4v) is 5.04. The number of pyridine rings is 1. The number of nitrogens with zero attached hydrogens (tertiary/aromatic N) is 3. The molecule has 0 atom stereocenters. The molecule has 0 fully saturated rings. The first kappa shape index (κ1) is 22.6. The zero-order chi connectivity index (χ0) is 23.8. The predicted molar refractivity (Wildman–Crippen MR) is 132 cm³/mol. The summed E-state index contributed by atoms with van der Waals surface area (Å²) < 4.78 is 0.506. The number of benzene rings is 2. The number of aryl methyl sites for hydroxylation is 1. The molecule has 0 aliphatic carbocycles. The molecule has 170 valence electrons. The molecule has 2 aromatic carbocycles. The Kier molecular flexibility index (Phi) is 6.01. The van der Waals surface area contributed by atoms with Crippen molar-refractivity contribution in [2.45, 2.75) is 13.5 Å². The summed E-state index contributed by atoms with van der Waals surface area (Å²) >= 11 is 1.38. The summed E-state index contributed by atoms with van der Waals surface area (Å²) in [6.07, 6.45) is 0. The van der Waals surface area contributed by atoms with E-state index in [2.05, 4.69) is 5.32 Å². The molecular weight excluding hydrogens is 438 g/mol. The van der Waals surface area contributed by atoms with E-state index in [0.29, 0.717) is 40.9 Å². The molecule has 0 aliphatic heterocycles. The van der Waals surface area contributed by atoms with Crippen molar-refractivity contribution in [2.24, 2.45) is 0 Å².